The second-order valence-electron chi connectivity index (χ2n) is 4.68. The molecule has 0 radical (unpaired) electrons. The Morgan fingerprint density at radius 1 is 1.41 bits per heavy atom. The monoisotopic (exact) mass is 249 g/mol. The Morgan fingerprint density at radius 2 is 2.18 bits per heavy atom. The van der Waals surface area contributed by atoms with Gasteiger partial charge in [-0.1, -0.05) is 6.07 Å². The lowest BCUT2D eigenvalue weighted by molar-refractivity contribution is 0.397. The fourth-order valence-corrected chi connectivity index (χ4v) is 2.19. The van der Waals surface area contributed by atoms with Crippen molar-refractivity contribution in [3.05, 3.63) is 40.0 Å². The quantitative estimate of drug-likeness (QED) is 0.900. The van der Waals surface area contributed by atoms with Gasteiger partial charge < -0.3 is 5.73 Å². The van der Waals surface area contributed by atoms with Gasteiger partial charge in [0.25, 0.3) is 5.56 Å². The topological polar surface area (TPSA) is 60.9 Å². The maximum Gasteiger partial charge on any atom is 0.266 e. The number of aromatic nitrogens is 2. The molecule has 2 N–H and O–H groups in total. The molecule has 0 fully saturated rings. The minimum atomic E-state index is -0.453. The summed E-state index contributed by atoms with van der Waals surface area (Å²) in [4.78, 5) is 12.7. The van der Waals surface area contributed by atoms with E-state index in [4.69, 9.17) is 5.73 Å². The first-order valence-electron chi connectivity index (χ1n) is 5.37. The third kappa shape index (κ3) is 3.01. The molecule has 0 spiro atoms. The highest BCUT2D eigenvalue weighted by Gasteiger charge is 2.14. The van der Waals surface area contributed by atoms with Crippen LogP contribution in [0.1, 0.15) is 13.8 Å². The van der Waals surface area contributed by atoms with E-state index >= 15 is 0 Å². The van der Waals surface area contributed by atoms with Crippen molar-refractivity contribution in [3.8, 4) is 10.6 Å². The van der Waals surface area contributed by atoms with Crippen molar-refractivity contribution in [3.63, 3.8) is 0 Å². The summed E-state index contributed by atoms with van der Waals surface area (Å²) in [5.41, 5.74) is 6.14. The molecule has 0 saturated heterocycles. The molecule has 5 heteroatoms. The van der Waals surface area contributed by atoms with Crippen LogP contribution in [0.2, 0.25) is 0 Å². The first-order valence-corrected chi connectivity index (χ1v) is 6.25. The minimum Gasteiger partial charge on any atom is -0.324 e. The molecule has 0 aliphatic carbocycles. The van der Waals surface area contributed by atoms with Crippen LogP contribution in [-0.2, 0) is 6.54 Å². The van der Waals surface area contributed by atoms with E-state index in [0.29, 0.717) is 6.54 Å². The highest BCUT2D eigenvalue weighted by molar-refractivity contribution is 7.13. The van der Waals surface area contributed by atoms with Crippen LogP contribution < -0.4 is 11.3 Å². The van der Waals surface area contributed by atoms with Gasteiger partial charge in [0.2, 0.25) is 0 Å². The third-order valence-electron chi connectivity index (χ3n) is 2.20. The van der Waals surface area contributed by atoms with Crippen LogP contribution in [0.3, 0.4) is 0 Å². The Labute approximate surface area is 104 Å². The van der Waals surface area contributed by atoms with Gasteiger partial charge in [0.1, 0.15) is 5.69 Å². The molecule has 0 aliphatic rings. The Bertz CT molecular complexity index is 552. The zero-order valence-corrected chi connectivity index (χ0v) is 10.7. The summed E-state index contributed by atoms with van der Waals surface area (Å²) in [6, 6.07) is 7.22. The first kappa shape index (κ1) is 12.0. The predicted octanol–water partition coefficient (Wildman–Crippen LogP) is 1.71. The smallest absolute Gasteiger partial charge is 0.266 e. The van der Waals surface area contributed by atoms with Crippen LogP contribution in [0, 0.1) is 0 Å². The van der Waals surface area contributed by atoms with E-state index in [0.717, 1.165) is 10.6 Å². The van der Waals surface area contributed by atoms with Crippen LogP contribution in [-0.4, -0.2) is 15.3 Å². The normalized spacial score (nSPS) is 11.7. The Hall–Kier alpha value is -1.46. The molecule has 2 aromatic heterocycles. The van der Waals surface area contributed by atoms with Crippen LogP contribution in [0.25, 0.3) is 10.6 Å². The van der Waals surface area contributed by atoms with Crippen LogP contribution in [0.15, 0.2) is 34.4 Å². The lowest BCUT2D eigenvalue weighted by Gasteiger charge is -2.18. The molecule has 90 valence electrons. The molecule has 0 amide bonds. The third-order valence-corrected chi connectivity index (χ3v) is 3.09. The average Bonchev–Trinajstić information content (AvgIpc) is 2.72. The van der Waals surface area contributed by atoms with Crippen LogP contribution in [0.4, 0.5) is 0 Å². The molecule has 4 nitrogen and oxygen atoms in total. The summed E-state index contributed by atoms with van der Waals surface area (Å²) in [7, 11) is 0. The highest BCUT2D eigenvalue weighted by atomic mass is 32.1. The van der Waals surface area contributed by atoms with Gasteiger partial charge in [-0.2, -0.15) is 5.10 Å². The van der Waals surface area contributed by atoms with Crippen molar-refractivity contribution >= 4 is 11.3 Å². The van der Waals surface area contributed by atoms with E-state index in [2.05, 4.69) is 5.10 Å². The van der Waals surface area contributed by atoms with Gasteiger partial charge in [-0.25, -0.2) is 4.68 Å². The number of nitrogens with two attached hydrogens (primary N) is 1. The van der Waals surface area contributed by atoms with Gasteiger partial charge in [0, 0.05) is 11.6 Å². The standard InChI is InChI=1S/C12H15N3OS/c1-12(2,13)8-15-11(16)6-5-9(14-15)10-4-3-7-17-10/h3-7H,8,13H2,1-2H3. The van der Waals surface area contributed by atoms with Gasteiger partial charge in [0.15, 0.2) is 0 Å². The van der Waals surface area contributed by atoms with Gasteiger partial charge >= 0.3 is 0 Å². The highest BCUT2D eigenvalue weighted by Crippen LogP contribution is 2.21. The molecule has 2 rings (SSSR count). The Morgan fingerprint density at radius 3 is 2.76 bits per heavy atom. The lowest BCUT2D eigenvalue weighted by Crippen LogP contribution is -2.41. The maximum absolute atomic E-state index is 11.7. The number of thiophene rings is 1. The van der Waals surface area contributed by atoms with Crippen molar-refractivity contribution in [2.75, 3.05) is 0 Å². The molecule has 17 heavy (non-hydrogen) atoms. The van der Waals surface area contributed by atoms with Gasteiger partial charge in [-0.15, -0.1) is 11.3 Å². The number of rotatable bonds is 3. The maximum atomic E-state index is 11.7. The van der Waals surface area contributed by atoms with Crippen molar-refractivity contribution < 1.29 is 0 Å². The van der Waals surface area contributed by atoms with E-state index in [-0.39, 0.29) is 5.56 Å². The van der Waals surface area contributed by atoms with Gasteiger partial charge in [0.05, 0.1) is 11.4 Å². The molecule has 0 bridgehead atoms. The van der Waals surface area contributed by atoms with Crippen LogP contribution >= 0.6 is 11.3 Å². The molecule has 0 aliphatic heterocycles. The molecule has 2 heterocycles. The predicted molar refractivity (Wildman–Crippen MR) is 70.1 cm³/mol. The molecule has 2 aromatic rings. The summed E-state index contributed by atoms with van der Waals surface area (Å²) in [6.45, 7) is 4.16. The first-order chi connectivity index (χ1) is 7.96. The largest absolute Gasteiger partial charge is 0.324 e. The fraction of sp³-hybridized carbons (Fsp3) is 0.333. The molecule has 0 saturated carbocycles. The van der Waals surface area contributed by atoms with Crippen molar-refractivity contribution in [1.29, 1.82) is 0 Å². The summed E-state index contributed by atoms with van der Waals surface area (Å²) in [5.74, 6) is 0. The minimum absolute atomic E-state index is 0.121. The zero-order valence-electron chi connectivity index (χ0n) is 9.88. The summed E-state index contributed by atoms with van der Waals surface area (Å²) in [6.07, 6.45) is 0. The van der Waals surface area contributed by atoms with E-state index in [1.165, 1.54) is 10.7 Å². The summed E-state index contributed by atoms with van der Waals surface area (Å²) in [5, 5.41) is 6.32. The Balaban J connectivity index is 2.40. The summed E-state index contributed by atoms with van der Waals surface area (Å²) >= 11 is 1.60. The second kappa shape index (κ2) is 4.43. The number of hydrogen-bond acceptors (Lipinski definition) is 4. The summed E-state index contributed by atoms with van der Waals surface area (Å²) < 4.78 is 1.43. The average molecular weight is 249 g/mol. The van der Waals surface area contributed by atoms with Crippen LogP contribution in [0.5, 0.6) is 0 Å². The molecular formula is C12H15N3OS. The van der Waals surface area contributed by atoms with E-state index < -0.39 is 5.54 Å². The van der Waals surface area contributed by atoms with E-state index in [1.54, 1.807) is 17.4 Å². The molecular weight excluding hydrogens is 234 g/mol. The van der Waals surface area contributed by atoms with Gasteiger partial charge in [-0.3, -0.25) is 4.79 Å². The van der Waals surface area contributed by atoms with E-state index in [9.17, 15) is 4.79 Å². The van der Waals surface area contributed by atoms with E-state index in [1.807, 2.05) is 31.4 Å². The number of nitrogens with zero attached hydrogens (tertiary/aromatic N) is 2. The number of hydrogen-bond donors (Lipinski definition) is 1. The van der Waals surface area contributed by atoms with Crippen molar-refractivity contribution in [2.24, 2.45) is 5.73 Å². The second-order valence-corrected chi connectivity index (χ2v) is 5.63. The zero-order chi connectivity index (χ0) is 12.5. The SMILES string of the molecule is CC(C)(N)Cn1nc(-c2cccs2)ccc1=O. The Kier molecular flexibility index (Phi) is 3.13. The lowest BCUT2D eigenvalue weighted by atomic mass is 10.1. The fourth-order valence-electron chi connectivity index (χ4n) is 1.50. The van der Waals surface area contributed by atoms with Crippen molar-refractivity contribution in [2.45, 2.75) is 25.9 Å². The molecule has 0 atom stereocenters. The van der Waals surface area contributed by atoms with Gasteiger partial charge in [-0.05, 0) is 31.4 Å². The molecule has 0 aromatic carbocycles. The molecule has 0 unspecified atom stereocenters. The van der Waals surface area contributed by atoms with Crippen molar-refractivity contribution in [1.82, 2.24) is 9.78 Å².